The normalized spacial score (nSPS) is 18.9. The van der Waals surface area contributed by atoms with Crippen LogP contribution in [0.15, 0.2) is 29.3 Å². The SMILES string of the molecule is CCNC(=NCc1cccc(C)c1)NCC1CCCN1C.I. The molecule has 22 heavy (non-hydrogen) atoms. The van der Waals surface area contributed by atoms with Gasteiger partial charge in [0, 0.05) is 19.1 Å². The van der Waals surface area contributed by atoms with E-state index in [0.717, 1.165) is 25.6 Å². The first kappa shape index (κ1) is 19.2. The van der Waals surface area contributed by atoms with Gasteiger partial charge < -0.3 is 15.5 Å². The summed E-state index contributed by atoms with van der Waals surface area (Å²) in [5, 5.41) is 6.80. The lowest BCUT2D eigenvalue weighted by Crippen LogP contribution is -2.44. The monoisotopic (exact) mass is 416 g/mol. The Hall–Kier alpha value is -0.820. The molecule has 4 nitrogen and oxygen atoms in total. The smallest absolute Gasteiger partial charge is 0.191 e. The third kappa shape index (κ3) is 6.12. The fourth-order valence-corrected chi connectivity index (χ4v) is 2.77. The Labute approximate surface area is 151 Å². The molecular formula is C17H29IN4. The van der Waals surface area contributed by atoms with Gasteiger partial charge in [0.1, 0.15) is 0 Å². The summed E-state index contributed by atoms with van der Waals surface area (Å²) in [6.07, 6.45) is 2.58. The Morgan fingerprint density at radius 2 is 2.18 bits per heavy atom. The van der Waals surface area contributed by atoms with Crippen LogP contribution in [0.1, 0.15) is 30.9 Å². The Balaban J connectivity index is 0.00000242. The number of likely N-dealkylation sites (N-methyl/N-ethyl adjacent to an activating group) is 1. The van der Waals surface area contributed by atoms with Crippen molar-refractivity contribution in [2.45, 2.75) is 39.3 Å². The van der Waals surface area contributed by atoms with Crippen LogP contribution in [-0.2, 0) is 6.54 Å². The molecule has 1 aromatic rings. The topological polar surface area (TPSA) is 39.7 Å². The minimum Gasteiger partial charge on any atom is -0.357 e. The molecule has 2 N–H and O–H groups in total. The van der Waals surface area contributed by atoms with Gasteiger partial charge in [0.2, 0.25) is 0 Å². The molecule has 1 heterocycles. The lowest BCUT2D eigenvalue weighted by Gasteiger charge is -2.21. The average Bonchev–Trinajstić information content (AvgIpc) is 2.87. The van der Waals surface area contributed by atoms with Crippen molar-refractivity contribution < 1.29 is 0 Å². The molecule has 0 aromatic heterocycles. The fraction of sp³-hybridized carbons (Fsp3) is 0.588. The third-order valence-electron chi connectivity index (χ3n) is 4.02. The second-order valence-electron chi connectivity index (χ2n) is 5.84. The fourth-order valence-electron chi connectivity index (χ4n) is 2.77. The number of nitrogens with one attached hydrogen (secondary N) is 2. The molecule has 1 saturated heterocycles. The van der Waals surface area contributed by atoms with E-state index in [-0.39, 0.29) is 24.0 Å². The number of hydrogen-bond acceptors (Lipinski definition) is 2. The number of hydrogen-bond donors (Lipinski definition) is 2. The number of aryl methyl sites for hydroxylation is 1. The molecule has 0 radical (unpaired) electrons. The van der Waals surface area contributed by atoms with Crippen molar-refractivity contribution in [3.8, 4) is 0 Å². The van der Waals surface area contributed by atoms with Crippen molar-refractivity contribution in [1.82, 2.24) is 15.5 Å². The summed E-state index contributed by atoms with van der Waals surface area (Å²) in [5.41, 5.74) is 2.54. The van der Waals surface area contributed by atoms with Crippen LogP contribution >= 0.6 is 24.0 Å². The predicted molar refractivity (Wildman–Crippen MR) is 105 cm³/mol. The summed E-state index contributed by atoms with van der Waals surface area (Å²) >= 11 is 0. The number of benzene rings is 1. The molecule has 1 fully saturated rings. The van der Waals surface area contributed by atoms with Gasteiger partial charge in [-0.3, -0.25) is 0 Å². The molecule has 2 rings (SSSR count). The van der Waals surface area contributed by atoms with Crippen LogP contribution < -0.4 is 10.6 Å². The van der Waals surface area contributed by atoms with E-state index >= 15 is 0 Å². The van der Waals surface area contributed by atoms with E-state index in [1.165, 1.54) is 30.5 Å². The van der Waals surface area contributed by atoms with Crippen LogP contribution in [0, 0.1) is 6.92 Å². The van der Waals surface area contributed by atoms with E-state index in [0.29, 0.717) is 6.04 Å². The molecule has 0 amide bonds. The van der Waals surface area contributed by atoms with Crippen LogP contribution in [0.4, 0.5) is 0 Å². The Morgan fingerprint density at radius 3 is 2.82 bits per heavy atom. The second-order valence-corrected chi connectivity index (χ2v) is 5.84. The van der Waals surface area contributed by atoms with Gasteiger partial charge in [-0.1, -0.05) is 29.8 Å². The van der Waals surface area contributed by atoms with Gasteiger partial charge in [-0.05, 0) is 45.8 Å². The summed E-state index contributed by atoms with van der Waals surface area (Å²) in [6.45, 7) is 8.01. The molecular weight excluding hydrogens is 387 g/mol. The van der Waals surface area contributed by atoms with Gasteiger partial charge in [-0.25, -0.2) is 4.99 Å². The Bertz CT molecular complexity index is 475. The largest absolute Gasteiger partial charge is 0.357 e. The highest BCUT2D eigenvalue weighted by Crippen LogP contribution is 2.13. The first-order valence-corrected chi connectivity index (χ1v) is 7.97. The van der Waals surface area contributed by atoms with Crippen LogP contribution in [0.5, 0.6) is 0 Å². The summed E-state index contributed by atoms with van der Waals surface area (Å²) in [6, 6.07) is 9.16. The lowest BCUT2D eigenvalue weighted by atomic mass is 10.1. The van der Waals surface area contributed by atoms with E-state index in [1.54, 1.807) is 0 Å². The molecule has 0 aliphatic carbocycles. The van der Waals surface area contributed by atoms with Gasteiger partial charge in [0.25, 0.3) is 0 Å². The molecule has 1 aliphatic heterocycles. The molecule has 1 unspecified atom stereocenters. The summed E-state index contributed by atoms with van der Waals surface area (Å²) in [4.78, 5) is 7.11. The van der Waals surface area contributed by atoms with E-state index < -0.39 is 0 Å². The van der Waals surface area contributed by atoms with Crippen LogP contribution in [-0.4, -0.2) is 43.6 Å². The van der Waals surface area contributed by atoms with E-state index in [9.17, 15) is 0 Å². The van der Waals surface area contributed by atoms with Crippen LogP contribution in [0.3, 0.4) is 0 Å². The second kappa shape index (κ2) is 10.0. The summed E-state index contributed by atoms with van der Waals surface area (Å²) < 4.78 is 0. The molecule has 5 heteroatoms. The minimum absolute atomic E-state index is 0. The maximum Gasteiger partial charge on any atom is 0.191 e. The molecule has 124 valence electrons. The van der Waals surface area contributed by atoms with Crippen molar-refractivity contribution in [2.75, 3.05) is 26.7 Å². The highest BCUT2D eigenvalue weighted by Gasteiger charge is 2.20. The first-order chi connectivity index (χ1) is 10.2. The zero-order chi connectivity index (χ0) is 15.1. The quantitative estimate of drug-likeness (QED) is 0.441. The van der Waals surface area contributed by atoms with E-state index in [2.05, 4.69) is 65.7 Å². The molecule has 0 spiro atoms. The number of guanidine groups is 1. The Kier molecular flexibility index (Phi) is 8.78. The molecule has 1 aliphatic rings. The number of likely N-dealkylation sites (tertiary alicyclic amines) is 1. The molecule has 0 bridgehead atoms. The molecule has 1 aromatic carbocycles. The van der Waals surface area contributed by atoms with Crippen molar-refractivity contribution >= 4 is 29.9 Å². The molecule has 0 saturated carbocycles. The number of halogens is 1. The van der Waals surface area contributed by atoms with E-state index in [1.807, 2.05) is 0 Å². The van der Waals surface area contributed by atoms with E-state index in [4.69, 9.17) is 0 Å². The standard InChI is InChI=1S/C17H28N4.HI/c1-4-18-17(20-13-16-9-6-10-21(16)3)19-12-15-8-5-7-14(2)11-15;/h5,7-8,11,16H,4,6,9-10,12-13H2,1-3H3,(H2,18,19,20);1H. The minimum atomic E-state index is 0. The number of aliphatic imine (C=N–C) groups is 1. The zero-order valence-corrected chi connectivity index (χ0v) is 16.3. The van der Waals surface area contributed by atoms with Crippen molar-refractivity contribution in [1.29, 1.82) is 0 Å². The summed E-state index contributed by atoms with van der Waals surface area (Å²) in [5.74, 6) is 0.916. The number of rotatable bonds is 5. The first-order valence-electron chi connectivity index (χ1n) is 7.97. The maximum atomic E-state index is 4.69. The van der Waals surface area contributed by atoms with Crippen molar-refractivity contribution in [2.24, 2.45) is 4.99 Å². The van der Waals surface area contributed by atoms with Crippen LogP contribution in [0.25, 0.3) is 0 Å². The average molecular weight is 416 g/mol. The van der Waals surface area contributed by atoms with Gasteiger partial charge >= 0.3 is 0 Å². The predicted octanol–water partition coefficient (Wildman–Crippen LogP) is 2.76. The maximum absolute atomic E-state index is 4.69. The van der Waals surface area contributed by atoms with Gasteiger partial charge in [-0.15, -0.1) is 24.0 Å². The van der Waals surface area contributed by atoms with Gasteiger partial charge in [-0.2, -0.15) is 0 Å². The van der Waals surface area contributed by atoms with Gasteiger partial charge in [0.05, 0.1) is 6.54 Å². The van der Waals surface area contributed by atoms with Crippen LogP contribution in [0.2, 0.25) is 0 Å². The third-order valence-corrected chi connectivity index (χ3v) is 4.02. The molecule has 1 atom stereocenters. The summed E-state index contributed by atoms with van der Waals surface area (Å²) in [7, 11) is 2.20. The van der Waals surface area contributed by atoms with Gasteiger partial charge in [0.15, 0.2) is 5.96 Å². The Morgan fingerprint density at radius 1 is 1.36 bits per heavy atom. The highest BCUT2D eigenvalue weighted by atomic mass is 127. The number of nitrogens with zero attached hydrogens (tertiary/aromatic N) is 2. The van der Waals surface area contributed by atoms with Crippen molar-refractivity contribution in [3.05, 3.63) is 35.4 Å². The lowest BCUT2D eigenvalue weighted by molar-refractivity contribution is 0.309. The highest BCUT2D eigenvalue weighted by molar-refractivity contribution is 14.0. The van der Waals surface area contributed by atoms with Crippen molar-refractivity contribution in [3.63, 3.8) is 0 Å². The zero-order valence-electron chi connectivity index (χ0n) is 13.9.